The summed E-state index contributed by atoms with van der Waals surface area (Å²) in [5.74, 6) is 7.18. The third-order valence-corrected chi connectivity index (χ3v) is 17.3. The molecule has 4 aromatic rings. The number of amides is 1. The van der Waals surface area contributed by atoms with Crippen LogP contribution in [0.15, 0.2) is 84.9 Å². The molecule has 6 atom stereocenters. The third kappa shape index (κ3) is 10.1. The summed E-state index contributed by atoms with van der Waals surface area (Å²) in [5.41, 5.74) is 8.80. The molecule has 4 aromatic carbocycles. The van der Waals surface area contributed by atoms with Crippen molar-refractivity contribution in [2.24, 2.45) is 23.7 Å². The van der Waals surface area contributed by atoms with Crippen LogP contribution < -0.4 is 9.47 Å². The number of nitrogens with zero attached hydrogens (tertiary/aromatic N) is 4. The van der Waals surface area contributed by atoms with E-state index in [1.165, 1.54) is 144 Å². The molecule has 10 rings (SSSR count). The van der Waals surface area contributed by atoms with E-state index in [2.05, 4.69) is 88.7 Å². The van der Waals surface area contributed by atoms with Crippen molar-refractivity contribution in [3.63, 3.8) is 0 Å². The molecule has 2 heterocycles. The molecule has 2 aliphatic heterocycles. The highest BCUT2D eigenvalue weighted by atomic mass is 16.5. The summed E-state index contributed by atoms with van der Waals surface area (Å²) in [7, 11) is 7.15. The minimum absolute atomic E-state index is 0.0363. The van der Waals surface area contributed by atoms with Crippen molar-refractivity contribution < 1.29 is 14.3 Å². The number of piperidine rings is 2. The Morgan fingerprint density at radius 3 is 1.61 bits per heavy atom. The fourth-order valence-electron chi connectivity index (χ4n) is 13.4. The lowest BCUT2D eigenvalue weighted by molar-refractivity contribution is 0.0827. The maximum absolute atomic E-state index is 12.2. The van der Waals surface area contributed by atoms with Gasteiger partial charge in [0.15, 0.2) is 0 Å². The minimum Gasteiger partial charge on any atom is -0.496 e. The first kappa shape index (κ1) is 46.5. The molecule has 350 valence electrons. The maximum Gasteiger partial charge on any atom is 0.253 e. The van der Waals surface area contributed by atoms with Crippen LogP contribution >= 0.6 is 0 Å². The van der Waals surface area contributed by atoms with Crippen LogP contribution in [-0.2, 0) is 5.41 Å². The summed E-state index contributed by atoms with van der Waals surface area (Å²) in [4.78, 5) is 19.4. The van der Waals surface area contributed by atoms with Crippen LogP contribution in [0.3, 0.4) is 0 Å². The van der Waals surface area contributed by atoms with Crippen LogP contribution in [0.25, 0.3) is 22.3 Å². The summed E-state index contributed by atoms with van der Waals surface area (Å²) in [6.45, 7) is 8.82. The quantitative estimate of drug-likeness (QED) is 0.158. The Bertz CT molecular complexity index is 2310. The zero-order valence-corrected chi connectivity index (χ0v) is 40.9. The predicted octanol–water partition coefficient (Wildman–Crippen LogP) is 12.7. The van der Waals surface area contributed by atoms with Crippen LogP contribution in [0.2, 0.25) is 0 Å². The lowest BCUT2D eigenvalue weighted by Gasteiger charge is -2.40. The standard InChI is InChI=1S/C31H40N2O.C28H36N2O2/c1-31(2,21-32)27-10-7-24(8-11-27)26-9-13-30(34-3)29(20-26)25-14-16-33(17-15-25)28-12-6-22-4-5-23(18-22)19-28;1-29(2)28(31)22-8-6-20(7-9-22)23-10-11-27(32-3)25(18-23)21-12-14-30(15-13-21)26-17-19-4-5-24(26)16-19/h7-11,13,20,22-23,25,28H,4-6,12,14-19H2,1-3H3;6-11,18-19,21,24,26H,4-5,12-17H2,1-3H3/t;19-,24-,26-/m.0/s1. The van der Waals surface area contributed by atoms with E-state index < -0.39 is 5.41 Å². The van der Waals surface area contributed by atoms with Gasteiger partial charge in [0.1, 0.15) is 11.5 Å². The molecule has 2 saturated heterocycles. The van der Waals surface area contributed by atoms with E-state index >= 15 is 0 Å². The predicted molar refractivity (Wildman–Crippen MR) is 268 cm³/mol. The van der Waals surface area contributed by atoms with Gasteiger partial charge in [-0.1, -0.05) is 67.8 Å². The molecule has 1 amide bonds. The molecule has 6 aliphatic rings. The maximum atomic E-state index is 12.2. The zero-order chi connectivity index (χ0) is 46.0. The second-order valence-electron chi connectivity index (χ2n) is 21.9. The number of benzene rings is 4. The number of fused-ring (bicyclic) bond motifs is 4. The van der Waals surface area contributed by atoms with Gasteiger partial charge in [0.05, 0.1) is 25.7 Å². The van der Waals surface area contributed by atoms with E-state index in [0.29, 0.717) is 11.8 Å². The summed E-state index contributed by atoms with van der Waals surface area (Å²) in [6, 6.07) is 33.8. The van der Waals surface area contributed by atoms with Gasteiger partial charge in [0.25, 0.3) is 5.91 Å². The van der Waals surface area contributed by atoms with E-state index in [9.17, 15) is 10.1 Å². The van der Waals surface area contributed by atoms with Gasteiger partial charge in [0, 0.05) is 31.7 Å². The molecule has 7 nitrogen and oxygen atoms in total. The third-order valence-electron chi connectivity index (χ3n) is 17.3. The normalized spacial score (nSPS) is 26.0. The van der Waals surface area contributed by atoms with Gasteiger partial charge >= 0.3 is 0 Å². The highest BCUT2D eigenvalue weighted by molar-refractivity contribution is 5.94. The summed E-state index contributed by atoms with van der Waals surface area (Å²) >= 11 is 0. The minimum atomic E-state index is -0.464. The van der Waals surface area contributed by atoms with Crippen molar-refractivity contribution in [3.05, 3.63) is 107 Å². The first-order chi connectivity index (χ1) is 32.0. The number of nitriles is 1. The van der Waals surface area contributed by atoms with Crippen LogP contribution in [-0.4, -0.2) is 87.2 Å². The fraction of sp³-hybridized carbons (Fsp3) is 0.559. The average Bonchev–Trinajstić information content (AvgIpc) is 4.10. The van der Waals surface area contributed by atoms with Gasteiger partial charge < -0.3 is 24.2 Å². The Balaban J connectivity index is 0.000000166. The van der Waals surface area contributed by atoms with E-state index in [-0.39, 0.29) is 5.91 Å². The van der Waals surface area contributed by atoms with E-state index in [1.54, 1.807) is 33.2 Å². The molecular formula is C59H76N4O3. The number of carbonyl (C=O) groups excluding carboxylic acids is 1. The monoisotopic (exact) mass is 889 g/mol. The average molecular weight is 889 g/mol. The number of rotatable bonds is 10. The molecule has 7 heteroatoms. The molecule has 4 bridgehead atoms. The van der Waals surface area contributed by atoms with Crippen molar-refractivity contribution in [2.45, 2.75) is 133 Å². The summed E-state index contributed by atoms with van der Waals surface area (Å²) in [5, 5.41) is 9.45. The molecule has 0 spiro atoms. The molecule has 4 saturated carbocycles. The fourth-order valence-corrected chi connectivity index (χ4v) is 13.4. The molecule has 6 fully saturated rings. The van der Waals surface area contributed by atoms with E-state index in [1.807, 2.05) is 26.0 Å². The topological polar surface area (TPSA) is 69.0 Å². The number of ether oxygens (including phenoxy) is 2. The first-order valence-electron chi connectivity index (χ1n) is 25.7. The molecule has 3 unspecified atom stereocenters. The Kier molecular flexibility index (Phi) is 14.3. The summed E-state index contributed by atoms with van der Waals surface area (Å²) < 4.78 is 11.6. The highest BCUT2D eigenvalue weighted by Gasteiger charge is 2.43. The van der Waals surface area contributed by atoms with Crippen LogP contribution in [0, 0.1) is 35.0 Å². The molecule has 0 aromatic heterocycles. The van der Waals surface area contributed by atoms with Crippen molar-refractivity contribution in [2.75, 3.05) is 54.5 Å². The molecular weight excluding hydrogens is 813 g/mol. The van der Waals surface area contributed by atoms with Crippen molar-refractivity contribution >= 4 is 5.91 Å². The zero-order valence-electron chi connectivity index (χ0n) is 40.9. The van der Waals surface area contributed by atoms with E-state index in [4.69, 9.17) is 9.47 Å². The van der Waals surface area contributed by atoms with Gasteiger partial charge in [-0.25, -0.2) is 0 Å². The van der Waals surface area contributed by atoms with Crippen molar-refractivity contribution in [1.29, 1.82) is 5.26 Å². The lowest BCUT2D eigenvalue weighted by Crippen LogP contribution is -2.43. The van der Waals surface area contributed by atoms with Crippen LogP contribution in [0.4, 0.5) is 0 Å². The molecule has 66 heavy (non-hydrogen) atoms. The Morgan fingerprint density at radius 2 is 1.09 bits per heavy atom. The Hall–Kier alpha value is -4.64. The number of hydrogen-bond acceptors (Lipinski definition) is 6. The van der Waals surface area contributed by atoms with Gasteiger partial charge in [-0.05, 0) is 222 Å². The molecule has 0 radical (unpaired) electrons. The van der Waals surface area contributed by atoms with Gasteiger partial charge in [-0.3, -0.25) is 4.79 Å². The number of carbonyl (C=O) groups is 1. The highest BCUT2D eigenvalue weighted by Crippen LogP contribution is 2.48. The van der Waals surface area contributed by atoms with Crippen molar-refractivity contribution in [3.8, 4) is 39.8 Å². The number of likely N-dealkylation sites (tertiary alicyclic amines) is 2. The Labute approximate surface area is 396 Å². The first-order valence-corrected chi connectivity index (χ1v) is 25.7. The van der Waals surface area contributed by atoms with Crippen LogP contribution in [0.1, 0.15) is 143 Å². The lowest BCUT2D eigenvalue weighted by atomic mass is 9.84. The van der Waals surface area contributed by atoms with Gasteiger partial charge in [-0.2, -0.15) is 5.26 Å². The molecule has 4 aliphatic carbocycles. The number of hydrogen-bond donors (Lipinski definition) is 0. The Morgan fingerprint density at radius 1 is 0.591 bits per heavy atom. The summed E-state index contributed by atoms with van der Waals surface area (Å²) in [6.07, 6.45) is 19.5. The van der Waals surface area contributed by atoms with E-state index in [0.717, 1.165) is 63.9 Å². The van der Waals surface area contributed by atoms with Gasteiger partial charge in [-0.15, -0.1) is 0 Å². The molecule has 0 N–H and O–H groups in total. The van der Waals surface area contributed by atoms with Crippen LogP contribution in [0.5, 0.6) is 11.5 Å². The second-order valence-corrected chi connectivity index (χ2v) is 21.9. The smallest absolute Gasteiger partial charge is 0.253 e. The largest absolute Gasteiger partial charge is 0.496 e. The number of methoxy groups -OCH3 is 2. The van der Waals surface area contributed by atoms with Gasteiger partial charge in [0.2, 0.25) is 0 Å². The van der Waals surface area contributed by atoms with Crippen molar-refractivity contribution in [1.82, 2.24) is 14.7 Å². The second kappa shape index (κ2) is 20.3. The SMILES string of the molecule is COc1ccc(-c2ccc(C(=O)N(C)C)cc2)cc1C1CCN([C@H]2C[C@H]3CC[C@H]2C3)CC1.COc1ccc(-c2ccc(C(C)(C)C#N)cc2)cc1C1CCN(C2CCC3CCC(C3)C2)CC1.